The first-order chi connectivity index (χ1) is 10.3. The Bertz CT molecular complexity index is 528. The van der Waals surface area contributed by atoms with Crippen molar-refractivity contribution in [2.45, 2.75) is 19.5 Å². The van der Waals surface area contributed by atoms with Gasteiger partial charge in [-0.15, -0.1) is 0 Å². The highest BCUT2D eigenvalue weighted by Gasteiger charge is 2.00. The minimum atomic E-state index is 0.920. The van der Waals surface area contributed by atoms with Gasteiger partial charge in [0, 0.05) is 17.6 Å². The van der Waals surface area contributed by atoms with Gasteiger partial charge in [0.15, 0.2) is 0 Å². The van der Waals surface area contributed by atoms with Crippen molar-refractivity contribution in [3.63, 3.8) is 0 Å². The van der Waals surface area contributed by atoms with Crippen LogP contribution in [-0.4, -0.2) is 25.0 Å². The molecule has 0 saturated carbocycles. The summed E-state index contributed by atoms with van der Waals surface area (Å²) in [4.78, 5) is 2.37. The molecule has 0 radical (unpaired) electrons. The van der Waals surface area contributed by atoms with Crippen LogP contribution in [0, 0.1) is 0 Å². The van der Waals surface area contributed by atoms with Crippen LogP contribution < -0.4 is 5.32 Å². The van der Waals surface area contributed by atoms with Gasteiger partial charge in [-0.3, -0.25) is 0 Å². The third-order valence-electron chi connectivity index (χ3n) is 3.46. The predicted molar refractivity (Wildman–Crippen MR) is 93.2 cm³/mol. The molecule has 2 rings (SSSR count). The second-order valence-corrected chi connectivity index (χ2v) is 6.20. The molecule has 1 N–H and O–H groups in total. The molecule has 0 fully saturated rings. The van der Waals surface area contributed by atoms with Crippen molar-refractivity contribution in [3.8, 4) is 0 Å². The van der Waals surface area contributed by atoms with Crippen LogP contribution in [0.1, 0.15) is 17.5 Å². The van der Waals surface area contributed by atoms with E-state index in [1.807, 2.05) is 6.07 Å². The molecule has 0 spiro atoms. The lowest BCUT2D eigenvalue weighted by atomic mass is 10.2. The fourth-order valence-corrected chi connectivity index (χ4v) is 2.74. The van der Waals surface area contributed by atoms with Crippen molar-refractivity contribution < 1.29 is 0 Å². The van der Waals surface area contributed by atoms with Gasteiger partial charge in [0.25, 0.3) is 0 Å². The Morgan fingerprint density at radius 1 is 1.00 bits per heavy atom. The highest BCUT2D eigenvalue weighted by atomic mass is 79.9. The van der Waals surface area contributed by atoms with Crippen LogP contribution in [-0.2, 0) is 13.1 Å². The average molecular weight is 347 g/mol. The summed E-state index contributed by atoms with van der Waals surface area (Å²) in [5, 5.41) is 3.51. The molecule has 0 amide bonds. The Morgan fingerprint density at radius 3 is 2.48 bits per heavy atom. The minimum absolute atomic E-state index is 0.920. The number of rotatable bonds is 8. The standard InChI is InChI=1S/C18H23BrN2/c1-21(15-16-8-3-2-4-9-16)13-7-12-20-14-17-10-5-6-11-18(17)19/h2-6,8-11,20H,7,12-15H2,1H3. The molecule has 0 aliphatic heterocycles. The minimum Gasteiger partial charge on any atom is -0.313 e. The Balaban J connectivity index is 1.60. The van der Waals surface area contributed by atoms with Crippen LogP contribution in [0.2, 0.25) is 0 Å². The molecular formula is C18H23BrN2. The van der Waals surface area contributed by atoms with Gasteiger partial charge >= 0.3 is 0 Å². The molecule has 0 unspecified atom stereocenters. The first-order valence-corrected chi connectivity index (χ1v) is 8.21. The number of nitrogens with zero attached hydrogens (tertiary/aromatic N) is 1. The lowest BCUT2D eigenvalue weighted by Gasteiger charge is -2.16. The van der Waals surface area contributed by atoms with Crippen LogP contribution in [0.15, 0.2) is 59.1 Å². The second-order valence-electron chi connectivity index (χ2n) is 5.35. The molecule has 2 aromatic carbocycles. The second kappa shape index (κ2) is 8.98. The average Bonchev–Trinajstić information content (AvgIpc) is 2.50. The summed E-state index contributed by atoms with van der Waals surface area (Å²) in [5.41, 5.74) is 2.69. The summed E-state index contributed by atoms with van der Waals surface area (Å²) in [6, 6.07) is 19.0. The molecule has 21 heavy (non-hydrogen) atoms. The van der Waals surface area contributed by atoms with Gasteiger partial charge in [0.05, 0.1) is 0 Å². The third kappa shape index (κ3) is 6.00. The molecule has 0 atom stereocenters. The van der Waals surface area contributed by atoms with E-state index in [1.54, 1.807) is 0 Å². The number of halogens is 1. The van der Waals surface area contributed by atoms with E-state index in [9.17, 15) is 0 Å². The Morgan fingerprint density at radius 2 is 1.71 bits per heavy atom. The molecule has 0 bridgehead atoms. The van der Waals surface area contributed by atoms with Crippen LogP contribution in [0.4, 0.5) is 0 Å². The van der Waals surface area contributed by atoms with E-state index in [2.05, 4.69) is 81.7 Å². The molecule has 0 saturated heterocycles. The smallest absolute Gasteiger partial charge is 0.0230 e. The van der Waals surface area contributed by atoms with Gasteiger partial charge in [-0.05, 0) is 43.8 Å². The SMILES string of the molecule is CN(CCCNCc1ccccc1Br)Cc1ccccc1. The van der Waals surface area contributed by atoms with Crippen LogP contribution in [0.5, 0.6) is 0 Å². The summed E-state index contributed by atoms with van der Waals surface area (Å²) >= 11 is 3.58. The van der Waals surface area contributed by atoms with Crippen molar-refractivity contribution in [2.75, 3.05) is 20.1 Å². The van der Waals surface area contributed by atoms with Crippen LogP contribution in [0.25, 0.3) is 0 Å². The van der Waals surface area contributed by atoms with Gasteiger partial charge in [-0.1, -0.05) is 64.5 Å². The summed E-state index contributed by atoms with van der Waals surface area (Å²) in [5.74, 6) is 0. The van der Waals surface area contributed by atoms with Crippen molar-refractivity contribution in [3.05, 3.63) is 70.2 Å². The van der Waals surface area contributed by atoms with Crippen LogP contribution >= 0.6 is 15.9 Å². The van der Waals surface area contributed by atoms with Gasteiger partial charge < -0.3 is 10.2 Å². The maximum Gasteiger partial charge on any atom is 0.0230 e. The molecular weight excluding hydrogens is 324 g/mol. The Hall–Kier alpha value is -1.16. The van der Waals surface area contributed by atoms with Gasteiger partial charge in [0.1, 0.15) is 0 Å². The summed E-state index contributed by atoms with van der Waals surface area (Å²) in [6.45, 7) is 4.09. The monoisotopic (exact) mass is 346 g/mol. The van der Waals surface area contributed by atoms with Gasteiger partial charge in [-0.2, -0.15) is 0 Å². The van der Waals surface area contributed by atoms with Crippen molar-refractivity contribution in [2.24, 2.45) is 0 Å². The first kappa shape index (κ1) is 16.2. The quantitative estimate of drug-likeness (QED) is 0.725. The summed E-state index contributed by atoms with van der Waals surface area (Å²) < 4.78 is 1.18. The van der Waals surface area contributed by atoms with E-state index in [1.165, 1.54) is 15.6 Å². The van der Waals surface area contributed by atoms with Crippen LogP contribution in [0.3, 0.4) is 0 Å². The van der Waals surface area contributed by atoms with Crippen molar-refractivity contribution >= 4 is 15.9 Å². The van der Waals surface area contributed by atoms with E-state index in [0.717, 1.165) is 32.6 Å². The van der Waals surface area contributed by atoms with E-state index in [-0.39, 0.29) is 0 Å². The fraction of sp³-hybridized carbons (Fsp3) is 0.333. The maximum absolute atomic E-state index is 3.58. The lowest BCUT2D eigenvalue weighted by Crippen LogP contribution is -2.23. The van der Waals surface area contributed by atoms with Gasteiger partial charge in [-0.25, -0.2) is 0 Å². The molecule has 2 aromatic rings. The zero-order valence-corrected chi connectivity index (χ0v) is 14.1. The van der Waals surface area contributed by atoms with E-state index in [4.69, 9.17) is 0 Å². The Labute approximate surface area is 136 Å². The number of hydrogen-bond acceptors (Lipinski definition) is 2. The summed E-state index contributed by atoms with van der Waals surface area (Å²) in [6.07, 6.45) is 1.16. The first-order valence-electron chi connectivity index (χ1n) is 7.42. The lowest BCUT2D eigenvalue weighted by molar-refractivity contribution is 0.319. The molecule has 0 aromatic heterocycles. The highest BCUT2D eigenvalue weighted by Crippen LogP contribution is 2.15. The normalized spacial score (nSPS) is 11.0. The fourth-order valence-electron chi connectivity index (χ4n) is 2.31. The van der Waals surface area contributed by atoms with Crippen molar-refractivity contribution in [1.29, 1.82) is 0 Å². The number of benzene rings is 2. The van der Waals surface area contributed by atoms with E-state index in [0.29, 0.717) is 0 Å². The molecule has 3 heteroatoms. The van der Waals surface area contributed by atoms with E-state index >= 15 is 0 Å². The molecule has 112 valence electrons. The Kier molecular flexibility index (Phi) is 6.93. The zero-order chi connectivity index (χ0) is 14.9. The molecule has 0 aliphatic carbocycles. The topological polar surface area (TPSA) is 15.3 Å². The highest BCUT2D eigenvalue weighted by molar-refractivity contribution is 9.10. The number of hydrogen-bond donors (Lipinski definition) is 1. The number of nitrogens with one attached hydrogen (secondary N) is 1. The third-order valence-corrected chi connectivity index (χ3v) is 4.24. The molecule has 0 aliphatic rings. The maximum atomic E-state index is 3.58. The predicted octanol–water partition coefficient (Wildman–Crippen LogP) is 4.06. The van der Waals surface area contributed by atoms with Gasteiger partial charge in [0.2, 0.25) is 0 Å². The molecule has 2 nitrogen and oxygen atoms in total. The van der Waals surface area contributed by atoms with Crippen molar-refractivity contribution in [1.82, 2.24) is 10.2 Å². The zero-order valence-electron chi connectivity index (χ0n) is 12.6. The largest absolute Gasteiger partial charge is 0.313 e. The van der Waals surface area contributed by atoms with E-state index < -0.39 is 0 Å². The molecule has 0 heterocycles. The summed E-state index contributed by atoms with van der Waals surface area (Å²) in [7, 11) is 2.18.